The Morgan fingerprint density at radius 1 is 1.21 bits per heavy atom. The molecule has 1 aliphatic rings. The van der Waals surface area contributed by atoms with Gasteiger partial charge in [0.15, 0.2) is 11.6 Å². The fourth-order valence-electron chi connectivity index (χ4n) is 1.34. The van der Waals surface area contributed by atoms with E-state index in [0.717, 1.165) is 6.07 Å². The molecule has 1 aliphatic carbocycles. The third-order valence-corrected chi connectivity index (χ3v) is 2.76. The Morgan fingerprint density at radius 2 is 1.79 bits per heavy atom. The number of nitrogens with two attached hydrogens (primary N) is 1. The number of hydrogen-bond donors (Lipinski definition) is 1. The quantitative estimate of drug-likeness (QED) is 0.573. The van der Waals surface area contributed by atoms with E-state index in [9.17, 15) is 13.2 Å². The molecule has 1 fully saturated rings. The molecule has 0 aliphatic heterocycles. The molecule has 0 saturated heterocycles. The Bertz CT molecular complexity index is 402. The van der Waals surface area contributed by atoms with Crippen molar-refractivity contribution in [1.82, 2.24) is 0 Å². The van der Waals surface area contributed by atoms with Gasteiger partial charge in [-0.2, -0.15) is 0 Å². The zero-order valence-corrected chi connectivity index (χ0v) is 7.84. The Morgan fingerprint density at radius 3 is 2.29 bits per heavy atom. The summed E-state index contributed by atoms with van der Waals surface area (Å²) >= 11 is 5.28. The highest BCUT2D eigenvalue weighted by Gasteiger charge is 2.43. The third kappa shape index (κ3) is 1.29. The molecule has 5 heteroatoms. The lowest BCUT2D eigenvalue weighted by Crippen LogP contribution is -2.21. The Balaban J connectivity index is 2.62. The van der Waals surface area contributed by atoms with Crippen LogP contribution in [-0.4, -0.2) is 0 Å². The van der Waals surface area contributed by atoms with Crippen LogP contribution in [0.3, 0.4) is 0 Å². The minimum Gasteiger partial charge on any atom is -0.321 e. The van der Waals surface area contributed by atoms with Crippen molar-refractivity contribution in [3.63, 3.8) is 0 Å². The van der Waals surface area contributed by atoms with Crippen LogP contribution in [0.25, 0.3) is 0 Å². The van der Waals surface area contributed by atoms with E-state index in [1.165, 1.54) is 0 Å². The first kappa shape index (κ1) is 9.80. The van der Waals surface area contributed by atoms with Crippen LogP contribution in [0.5, 0.6) is 0 Å². The highest BCUT2D eigenvalue weighted by Crippen LogP contribution is 2.45. The van der Waals surface area contributed by atoms with E-state index in [1.54, 1.807) is 0 Å². The highest BCUT2D eigenvalue weighted by molar-refractivity contribution is 6.31. The van der Waals surface area contributed by atoms with Gasteiger partial charge in [0.2, 0.25) is 0 Å². The van der Waals surface area contributed by atoms with Crippen molar-refractivity contribution in [3.8, 4) is 0 Å². The number of benzene rings is 1. The molecular weight excluding hydrogens is 215 g/mol. The van der Waals surface area contributed by atoms with Crippen LogP contribution in [0.4, 0.5) is 13.2 Å². The molecular formula is C9H7ClF3N. The first-order chi connectivity index (χ1) is 6.46. The predicted octanol–water partition coefficient (Wildman–Crippen LogP) is 2.71. The molecule has 1 nitrogen and oxygen atoms in total. The Labute approximate surface area is 83.7 Å². The minimum absolute atomic E-state index is 0.0404. The van der Waals surface area contributed by atoms with E-state index in [2.05, 4.69) is 0 Å². The largest absolute Gasteiger partial charge is 0.321 e. The summed E-state index contributed by atoms with van der Waals surface area (Å²) in [6.45, 7) is 0. The molecule has 2 N–H and O–H groups in total. The maximum absolute atomic E-state index is 13.4. The maximum Gasteiger partial charge on any atom is 0.180 e. The summed E-state index contributed by atoms with van der Waals surface area (Å²) in [5, 5.41) is -0.822. The summed E-state index contributed by atoms with van der Waals surface area (Å²) in [5.41, 5.74) is 4.77. The van der Waals surface area contributed by atoms with Crippen LogP contribution >= 0.6 is 11.6 Å². The molecule has 0 amide bonds. The zero-order valence-electron chi connectivity index (χ0n) is 7.08. The van der Waals surface area contributed by atoms with Gasteiger partial charge in [-0.25, -0.2) is 13.2 Å². The first-order valence-electron chi connectivity index (χ1n) is 4.08. The SMILES string of the molecule is NC1(c2cc(F)c(F)c(Cl)c2F)CC1. The highest BCUT2D eigenvalue weighted by atomic mass is 35.5. The van der Waals surface area contributed by atoms with Gasteiger partial charge in [-0.3, -0.25) is 0 Å². The van der Waals surface area contributed by atoms with Crippen LogP contribution in [0.15, 0.2) is 6.07 Å². The topological polar surface area (TPSA) is 26.0 Å². The lowest BCUT2D eigenvalue weighted by atomic mass is 10.0. The average Bonchev–Trinajstić information content (AvgIpc) is 2.87. The molecule has 0 unspecified atom stereocenters. The van der Waals surface area contributed by atoms with Gasteiger partial charge >= 0.3 is 0 Å². The van der Waals surface area contributed by atoms with Crippen molar-refractivity contribution in [3.05, 3.63) is 34.1 Å². The van der Waals surface area contributed by atoms with E-state index in [-0.39, 0.29) is 5.56 Å². The van der Waals surface area contributed by atoms with Crippen LogP contribution < -0.4 is 5.73 Å². The number of rotatable bonds is 1. The molecule has 1 aromatic rings. The summed E-state index contributed by atoms with van der Waals surface area (Å²) in [5.74, 6) is -3.48. The van der Waals surface area contributed by atoms with Crippen molar-refractivity contribution >= 4 is 11.6 Å². The van der Waals surface area contributed by atoms with Crippen molar-refractivity contribution in [2.24, 2.45) is 5.73 Å². The normalized spacial score (nSPS) is 18.4. The van der Waals surface area contributed by atoms with Crippen LogP contribution in [0, 0.1) is 17.5 Å². The molecule has 0 bridgehead atoms. The minimum atomic E-state index is -1.36. The second-order valence-corrected chi connectivity index (χ2v) is 3.88. The van der Waals surface area contributed by atoms with E-state index >= 15 is 0 Å². The molecule has 0 spiro atoms. The Hall–Kier alpha value is -0.740. The van der Waals surface area contributed by atoms with Gasteiger partial charge in [0.1, 0.15) is 10.8 Å². The van der Waals surface area contributed by atoms with E-state index in [4.69, 9.17) is 17.3 Å². The van der Waals surface area contributed by atoms with E-state index in [0.29, 0.717) is 12.8 Å². The second-order valence-electron chi connectivity index (χ2n) is 3.50. The summed E-state index contributed by atoms with van der Waals surface area (Å²) in [6, 6.07) is 0.781. The van der Waals surface area contributed by atoms with Crippen molar-refractivity contribution in [2.75, 3.05) is 0 Å². The summed E-state index contributed by atoms with van der Waals surface area (Å²) in [4.78, 5) is 0. The fourth-order valence-corrected chi connectivity index (χ4v) is 1.53. The molecule has 1 saturated carbocycles. The van der Waals surface area contributed by atoms with Crippen molar-refractivity contribution in [2.45, 2.75) is 18.4 Å². The fraction of sp³-hybridized carbons (Fsp3) is 0.333. The number of halogens is 4. The van der Waals surface area contributed by atoms with E-state index in [1.807, 2.05) is 0 Å². The van der Waals surface area contributed by atoms with Gasteiger partial charge in [0.25, 0.3) is 0 Å². The van der Waals surface area contributed by atoms with Crippen molar-refractivity contribution in [1.29, 1.82) is 0 Å². The number of hydrogen-bond acceptors (Lipinski definition) is 1. The van der Waals surface area contributed by atoms with E-state index < -0.39 is 28.0 Å². The van der Waals surface area contributed by atoms with Gasteiger partial charge in [0.05, 0.1) is 0 Å². The van der Waals surface area contributed by atoms with Crippen molar-refractivity contribution < 1.29 is 13.2 Å². The lowest BCUT2D eigenvalue weighted by molar-refractivity contribution is 0.483. The molecule has 0 radical (unpaired) electrons. The zero-order chi connectivity index (χ0) is 10.5. The van der Waals surface area contributed by atoms with Crippen LogP contribution in [0.1, 0.15) is 18.4 Å². The van der Waals surface area contributed by atoms with Gasteiger partial charge < -0.3 is 5.73 Å². The summed E-state index contributed by atoms with van der Waals surface area (Å²) in [7, 11) is 0. The molecule has 0 aromatic heterocycles. The summed E-state index contributed by atoms with van der Waals surface area (Å²) < 4.78 is 39.0. The molecule has 76 valence electrons. The van der Waals surface area contributed by atoms with Gasteiger partial charge in [0, 0.05) is 11.1 Å². The summed E-state index contributed by atoms with van der Waals surface area (Å²) in [6.07, 6.45) is 1.12. The van der Waals surface area contributed by atoms with Gasteiger partial charge in [-0.15, -0.1) is 0 Å². The van der Waals surface area contributed by atoms with Gasteiger partial charge in [-0.1, -0.05) is 11.6 Å². The molecule has 2 rings (SSSR count). The van der Waals surface area contributed by atoms with Crippen LogP contribution in [0.2, 0.25) is 5.02 Å². The predicted molar refractivity (Wildman–Crippen MR) is 46.4 cm³/mol. The molecule has 0 heterocycles. The van der Waals surface area contributed by atoms with Gasteiger partial charge in [-0.05, 0) is 18.9 Å². The average molecular weight is 222 g/mol. The third-order valence-electron chi connectivity index (χ3n) is 2.43. The maximum atomic E-state index is 13.4. The standard InChI is InChI=1S/C9H7ClF3N/c10-6-7(12)4(9(14)1-2-9)3-5(11)8(6)13/h3H,1-2,14H2. The molecule has 14 heavy (non-hydrogen) atoms. The lowest BCUT2D eigenvalue weighted by Gasteiger charge is -2.12. The van der Waals surface area contributed by atoms with Crippen LogP contribution in [-0.2, 0) is 5.54 Å². The molecule has 1 aromatic carbocycles. The Kier molecular flexibility index (Phi) is 2.01. The smallest absolute Gasteiger partial charge is 0.180 e. The monoisotopic (exact) mass is 221 g/mol. The molecule has 0 atom stereocenters. The first-order valence-corrected chi connectivity index (χ1v) is 4.46. The second kappa shape index (κ2) is 2.87.